The molecule has 172 valence electrons. The molecule has 0 saturated carbocycles. The third kappa shape index (κ3) is 5.55. The number of pyridine rings is 1. The van der Waals surface area contributed by atoms with Crippen molar-refractivity contribution in [2.75, 3.05) is 14.2 Å². The first-order chi connectivity index (χ1) is 15.7. The molecule has 1 unspecified atom stereocenters. The number of thioether (sulfide) groups is 1. The zero-order valence-electron chi connectivity index (χ0n) is 18.4. The Morgan fingerprint density at radius 3 is 2.39 bits per heavy atom. The standard InChI is InChI=1S/C22H22N4O6S/c1-11-9-15(21(30)32-4)16-17(24-11)25-22(26-19(16)28)33-12(2)18(27)23-10-13-5-7-14(8-6-13)20(29)31-3/h5-9,12H,10H2,1-4H3,(H,23,27)(H,24,25,26,28). The van der Waals surface area contributed by atoms with Crippen LogP contribution in [0, 0.1) is 6.92 Å². The summed E-state index contributed by atoms with van der Waals surface area (Å²) in [6.07, 6.45) is 0. The summed E-state index contributed by atoms with van der Waals surface area (Å²) >= 11 is 1.05. The molecule has 33 heavy (non-hydrogen) atoms. The van der Waals surface area contributed by atoms with Crippen molar-refractivity contribution in [3.63, 3.8) is 0 Å². The Morgan fingerprint density at radius 1 is 1.09 bits per heavy atom. The maximum atomic E-state index is 12.6. The first-order valence-electron chi connectivity index (χ1n) is 9.85. The van der Waals surface area contributed by atoms with Crippen LogP contribution in [-0.4, -0.2) is 52.3 Å². The fraction of sp³-hybridized carbons (Fsp3) is 0.273. The molecule has 1 aromatic carbocycles. The van der Waals surface area contributed by atoms with E-state index in [1.807, 2.05) is 0 Å². The first-order valence-corrected chi connectivity index (χ1v) is 10.7. The molecule has 0 bridgehead atoms. The summed E-state index contributed by atoms with van der Waals surface area (Å²) in [5.41, 5.74) is 1.35. The minimum absolute atomic E-state index is 0.0318. The number of nitrogens with zero attached hydrogens (tertiary/aromatic N) is 2. The normalized spacial score (nSPS) is 11.6. The highest BCUT2D eigenvalue weighted by atomic mass is 32.2. The molecule has 2 aromatic heterocycles. The van der Waals surface area contributed by atoms with Crippen LogP contribution in [-0.2, 0) is 20.8 Å². The minimum atomic E-state index is -0.662. The van der Waals surface area contributed by atoms with Crippen molar-refractivity contribution in [3.05, 3.63) is 63.1 Å². The molecule has 0 aliphatic carbocycles. The number of carbonyl (C=O) groups is 3. The van der Waals surface area contributed by atoms with Gasteiger partial charge in [-0.1, -0.05) is 23.9 Å². The van der Waals surface area contributed by atoms with Crippen LogP contribution in [0.1, 0.15) is 38.9 Å². The molecule has 2 heterocycles. The van der Waals surface area contributed by atoms with Crippen LogP contribution in [0.15, 0.2) is 40.3 Å². The molecule has 1 amide bonds. The van der Waals surface area contributed by atoms with Gasteiger partial charge in [-0.3, -0.25) is 9.59 Å². The second-order valence-electron chi connectivity index (χ2n) is 7.04. The zero-order chi connectivity index (χ0) is 24.1. The molecule has 11 heteroatoms. The highest BCUT2D eigenvalue weighted by Gasteiger charge is 2.20. The molecular formula is C22H22N4O6S. The molecule has 1 atom stereocenters. The quantitative estimate of drug-likeness (QED) is 0.301. The monoisotopic (exact) mass is 470 g/mol. The number of hydrogen-bond acceptors (Lipinski definition) is 9. The van der Waals surface area contributed by atoms with Gasteiger partial charge in [-0.05, 0) is 37.6 Å². The van der Waals surface area contributed by atoms with E-state index in [1.54, 1.807) is 38.1 Å². The molecule has 0 spiro atoms. The van der Waals surface area contributed by atoms with Crippen LogP contribution in [0.3, 0.4) is 0 Å². The number of benzene rings is 1. The lowest BCUT2D eigenvalue weighted by Gasteiger charge is -2.12. The summed E-state index contributed by atoms with van der Waals surface area (Å²) in [5, 5.41) is 2.46. The summed E-state index contributed by atoms with van der Waals surface area (Å²) in [4.78, 5) is 59.8. The third-order valence-corrected chi connectivity index (χ3v) is 5.67. The van der Waals surface area contributed by atoms with Crippen LogP contribution >= 0.6 is 11.8 Å². The fourth-order valence-electron chi connectivity index (χ4n) is 3.00. The summed E-state index contributed by atoms with van der Waals surface area (Å²) in [7, 11) is 2.53. The SMILES string of the molecule is COC(=O)c1ccc(CNC(=O)C(C)Sc2nc3nc(C)cc(C(=O)OC)c3c(=O)[nH]2)cc1. The zero-order valence-corrected chi connectivity index (χ0v) is 19.2. The summed E-state index contributed by atoms with van der Waals surface area (Å²) in [5.74, 6) is -1.37. The molecule has 0 saturated heterocycles. The van der Waals surface area contributed by atoms with Gasteiger partial charge < -0.3 is 19.8 Å². The second kappa shape index (κ2) is 10.3. The van der Waals surface area contributed by atoms with Crippen molar-refractivity contribution < 1.29 is 23.9 Å². The number of rotatable bonds is 7. The number of hydrogen-bond donors (Lipinski definition) is 2. The molecule has 0 aliphatic heterocycles. The molecule has 3 aromatic rings. The molecule has 3 rings (SSSR count). The summed E-state index contributed by atoms with van der Waals surface area (Å²) in [6, 6.07) is 8.14. The van der Waals surface area contributed by atoms with Gasteiger partial charge in [0, 0.05) is 12.2 Å². The van der Waals surface area contributed by atoms with E-state index < -0.39 is 22.7 Å². The maximum Gasteiger partial charge on any atom is 0.338 e. The van der Waals surface area contributed by atoms with Gasteiger partial charge in [0.25, 0.3) is 5.56 Å². The molecule has 2 N–H and O–H groups in total. The molecule has 0 fully saturated rings. The van der Waals surface area contributed by atoms with Crippen LogP contribution in [0.5, 0.6) is 0 Å². The van der Waals surface area contributed by atoms with Crippen molar-refractivity contribution in [3.8, 4) is 0 Å². The second-order valence-corrected chi connectivity index (χ2v) is 8.37. The van der Waals surface area contributed by atoms with Crippen molar-refractivity contribution in [1.82, 2.24) is 20.3 Å². The number of H-pyrrole nitrogens is 1. The van der Waals surface area contributed by atoms with Gasteiger partial charge in [0.05, 0.1) is 36.0 Å². The number of amides is 1. The van der Waals surface area contributed by atoms with E-state index >= 15 is 0 Å². The smallest absolute Gasteiger partial charge is 0.338 e. The van der Waals surface area contributed by atoms with E-state index in [0.717, 1.165) is 17.3 Å². The van der Waals surface area contributed by atoms with E-state index in [4.69, 9.17) is 4.74 Å². The Morgan fingerprint density at radius 2 is 1.76 bits per heavy atom. The number of nitrogens with one attached hydrogen (secondary N) is 2. The van der Waals surface area contributed by atoms with Gasteiger partial charge in [-0.15, -0.1) is 0 Å². The lowest BCUT2D eigenvalue weighted by molar-refractivity contribution is -0.120. The number of aromatic amines is 1. The van der Waals surface area contributed by atoms with E-state index in [-0.39, 0.29) is 34.2 Å². The van der Waals surface area contributed by atoms with E-state index in [9.17, 15) is 19.2 Å². The Kier molecular flexibility index (Phi) is 7.44. The first kappa shape index (κ1) is 23.9. The number of aryl methyl sites for hydroxylation is 1. The Labute approximate surface area is 193 Å². The summed E-state index contributed by atoms with van der Waals surface area (Å²) in [6.45, 7) is 3.61. The van der Waals surface area contributed by atoms with Crippen LogP contribution in [0.2, 0.25) is 0 Å². The van der Waals surface area contributed by atoms with Crippen molar-refractivity contribution in [2.24, 2.45) is 0 Å². The number of methoxy groups -OCH3 is 2. The van der Waals surface area contributed by atoms with Gasteiger partial charge in [0.2, 0.25) is 5.91 Å². The maximum absolute atomic E-state index is 12.6. The highest BCUT2D eigenvalue weighted by Crippen LogP contribution is 2.21. The van der Waals surface area contributed by atoms with Gasteiger partial charge in [-0.2, -0.15) is 0 Å². The van der Waals surface area contributed by atoms with Crippen molar-refractivity contribution >= 4 is 40.6 Å². The molecule has 0 radical (unpaired) electrons. The fourth-order valence-corrected chi connectivity index (χ4v) is 3.82. The number of fused-ring (bicyclic) bond motifs is 1. The Bertz CT molecular complexity index is 1270. The predicted octanol–water partition coefficient (Wildman–Crippen LogP) is 2.00. The topological polar surface area (TPSA) is 140 Å². The molecule has 0 aliphatic rings. The van der Waals surface area contributed by atoms with Gasteiger partial charge in [0.1, 0.15) is 0 Å². The minimum Gasteiger partial charge on any atom is -0.465 e. The van der Waals surface area contributed by atoms with E-state index in [2.05, 4.69) is 25.0 Å². The van der Waals surface area contributed by atoms with Crippen LogP contribution < -0.4 is 10.9 Å². The molecular weight excluding hydrogens is 448 g/mol. The van der Waals surface area contributed by atoms with Crippen LogP contribution in [0.4, 0.5) is 0 Å². The Balaban J connectivity index is 1.71. The van der Waals surface area contributed by atoms with Crippen molar-refractivity contribution in [1.29, 1.82) is 0 Å². The van der Waals surface area contributed by atoms with Gasteiger partial charge in [0.15, 0.2) is 10.8 Å². The predicted molar refractivity (Wildman–Crippen MR) is 121 cm³/mol. The van der Waals surface area contributed by atoms with Gasteiger partial charge in [-0.25, -0.2) is 19.6 Å². The summed E-state index contributed by atoms with van der Waals surface area (Å²) < 4.78 is 9.40. The largest absolute Gasteiger partial charge is 0.465 e. The average molecular weight is 471 g/mol. The molecule has 10 nitrogen and oxygen atoms in total. The third-order valence-electron chi connectivity index (χ3n) is 4.69. The number of carbonyl (C=O) groups excluding carboxylic acids is 3. The number of esters is 2. The van der Waals surface area contributed by atoms with E-state index in [0.29, 0.717) is 11.3 Å². The Hall–Kier alpha value is -3.73. The highest BCUT2D eigenvalue weighted by molar-refractivity contribution is 8.00. The number of aromatic nitrogens is 3. The van der Waals surface area contributed by atoms with Gasteiger partial charge >= 0.3 is 11.9 Å². The number of ether oxygens (including phenoxy) is 2. The van der Waals surface area contributed by atoms with Crippen molar-refractivity contribution in [2.45, 2.75) is 30.8 Å². The lowest BCUT2D eigenvalue weighted by Crippen LogP contribution is -2.30. The van der Waals surface area contributed by atoms with Crippen LogP contribution in [0.25, 0.3) is 11.0 Å². The average Bonchev–Trinajstić information content (AvgIpc) is 2.80. The lowest BCUT2D eigenvalue weighted by atomic mass is 10.1. The van der Waals surface area contributed by atoms with E-state index in [1.165, 1.54) is 20.3 Å².